The summed E-state index contributed by atoms with van der Waals surface area (Å²) in [6.45, 7) is 34.0. The molecule has 0 bridgehead atoms. The summed E-state index contributed by atoms with van der Waals surface area (Å²) >= 11 is 0. The second kappa shape index (κ2) is 41.9. The number of allylic oxidation sites excluding steroid dienone is 6. The average molecular weight is 735 g/mol. The summed E-state index contributed by atoms with van der Waals surface area (Å²) in [5.41, 5.74) is 4.96. The molecule has 0 fully saturated rings. The van der Waals surface area contributed by atoms with Crippen molar-refractivity contribution in [3.63, 3.8) is 0 Å². The number of esters is 1. The van der Waals surface area contributed by atoms with Gasteiger partial charge in [0.2, 0.25) is 0 Å². The van der Waals surface area contributed by atoms with Crippen LogP contribution >= 0.6 is 0 Å². The van der Waals surface area contributed by atoms with Gasteiger partial charge in [-0.15, -0.1) is 0 Å². The maximum absolute atomic E-state index is 10.2. The molecular formula is C51H90O2. The smallest absolute Gasteiger partial charge is 0.302 e. The van der Waals surface area contributed by atoms with E-state index in [0.29, 0.717) is 17.3 Å². The van der Waals surface area contributed by atoms with Crippen LogP contribution in [0.1, 0.15) is 211 Å². The molecule has 0 amide bonds. The summed E-state index contributed by atoms with van der Waals surface area (Å²) in [4.78, 5) is 10.2. The van der Waals surface area contributed by atoms with Gasteiger partial charge in [-0.25, -0.2) is 0 Å². The Morgan fingerprint density at radius 3 is 1.43 bits per heavy atom. The highest BCUT2D eigenvalue weighted by molar-refractivity contribution is 5.66. The van der Waals surface area contributed by atoms with Gasteiger partial charge >= 0.3 is 5.97 Å². The molecule has 0 aliphatic carbocycles. The Bertz CT molecular complexity index is 1080. The fraction of sp³-hybridized carbons (Fsp3) is 0.627. The predicted molar refractivity (Wildman–Crippen MR) is 243 cm³/mol. The average Bonchev–Trinajstić information content (AvgIpc) is 3.16. The molecule has 0 aliphatic rings. The van der Waals surface area contributed by atoms with Crippen molar-refractivity contribution >= 4 is 5.97 Å². The Kier molecular flexibility index (Phi) is 44.9. The maximum atomic E-state index is 10.2. The SMILES string of the molecule is CC/C=C(/C)CC.CC/C=C\CC.CCC(C)(C)C.CCC(C)OC(C)=O.CCC(C/C=C\CCC(C)c1ccccc1)c1ccccc1.CCCC. The minimum Gasteiger partial charge on any atom is -0.463 e. The van der Waals surface area contributed by atoms with Crippen molar-refractivity contribution < 1.29 is 9.53 Å². The molecule has 2 nitrogen and oxygen atoms in total. The van der Waals surface area contributed by atoms with E-state index >= 15 is 0 Å². The fourth-order valence-corrected chi connectivity index (χ4v) is 4.13. The molecule has 0 aromatic heterocycles. The van der Waals surface area contributed by atoms with Crippen LogP contribution in [-0.4, -0.2) is 12.1 Å². The van der Waals surface area contributed by atoms with Crippen LogP contribution in [0.5, 0.6) is 0 Å². The van der Waals surface area contributed by atoms with Crippen molar-refractivity contribution in [1.29, 1.82) is 0 Å². The van der Waals surface area contributed by atoms with E-state index in [0.717, 1.165) is 12.8 Å². The molecule has 0 N–H and O–H groups in total. The molecule has 0 saturated carbocycles. The van der Waals surface area contributed by atoms with E-state index in [1.807, 2.05) is 13.8 Å². The van der Waals surface area contributed by atoms with Crippen molar-refractivity contribution in [2.45, 2.75) is 206 Å². The molecule has 0 spiro atoms. The molecule has 2 heteroatoms. The minimum absolute atomic E-state index is 0.0764. The van der Waals surface area contributed by atoms with Crippen LogP contribution in [0.4, 0.5) is 0 Å². The van der Waals surface area contributed by atoms with E-state index < -0.39 is 0 Å². The van der Waals surface area contributed by atoms with Crippen LogP contribution in [0.25, 0.3) is 0 Å². The third-order valence-electron chi connectivity index (χ3n) is 8.74. The number of ether oxygens (including phenoxy) is 1. The van der Waals surface area contributed by atoms with E-state index in [2.05, 4.69) is 181 Å². The first kappa shape index (κ1) is 56.9. The molecule has 3 atom stereocenters. The summed E-state index contributed by atoms with van der Waals surface area (Å²) in [5.74, 6) is 1.10. The first-order chi connectivity index (χ1) is 25.2. The lowest BCUT2D eigenvalue weighted by atomic mass is 9.92. The standard InChI is InChI=1S/C22H28.C7H14.C6H12O2.C6H14.C6H12.C4H10/c1-3-20(22-17-11-6-12-18-22)14-8-4-7-13-19(2)21-15-9-5-10-16-21;1-4-6-7(3)5-2;1-4-5(2)8-6(3)7;1-5-6(2,3)4;1-3-5-6-4-2;1-3-4-2/h4-6,8-12,15-20H,3,7,13-14H2,1-2H3;6H,4-5H2,1-3H3;5H,4H2,1-3H3;5H2,1-4H3;5-6H,3-4H2,1-2H3;3-4H2,1-2H3/b8-4-;7-6-;;;6-5-;. The Hall–Kier alpha value is -2.87. The van der Waals surface area contributed by atoms with Crippen molar-refractivity contribution in [3.05, 3.63) is 108 Å². The van der Waals surface area contributed by atoms with Gasteiger partial charge in [0.15, 0.2) is 0 Å². The highest BCUT2D eigenvalue weighted by atomic mass is 16.5. The number of rotatable bonds is 15. The fourth-order valence-electron chi connectivity index (χ4n) is 4.13. The highest BCUT2D eigenvalue weighted by Gasteiger charge is 2.07. The van der Waals surface area contributed by atoms with Crippen LogP contribution in [0.15, 0.2) is 96.6 Å². The first-order valence-electron chi connectivity index (χ1n) is 21.4. The van der Waals surface area contributed by atoms with Gasteiger partial charge in [-0.2, -0.15) is 0 Å². The Morgan fingerprint density at radius 1 is 0.660 bits per heavy atom. The number of benzene rings is 2. The van der Waals surface area contributed by atoms with Gasteiger partial charge in [-0.1, -0.05) is 206 Å². The normalized spacial score (nSPS) is 12.5. The number of hydrogen-bond acceptors (Lipinski definition) is 2. The zero-order valence-corrected chi connectivity index (χ0v) is 38.2. The van der Waals surface area contributed by atoms with Gasteiger partial charge in [0.25, 0.3) is 0 Å². The molecule has 0 radical (unpaired) electrons. The van der Waals surface area contributed by atoms with E-state index in [4.69, 9.17) is 4.74 Å². The second-order valence-corrected chi connectivity index (χ2v) is 15.0. The lowest BCUT2D eigenvalue weighted by molar-refractivity contribution is -0.145. The van der Waals surface area contributed by atoms with E-state index in [9.17, 15) is 4.79 Å². The van der Waals surface area contributed by atoms with Crippen molar-refractivity contribution in [2.24, 2.45) is 5.41 Å². The van der Waals surface area contributed by atoms with E-state index in [1.54, 1.807) is 0 Å². The number of carbonyl (C=O) groups is 1. The lowest BCUT2D eigenvalue weighted by Crippen LogP contribution is -2.09. The van der Waals surface area contributed by atoms with E-state index in [1.165, 1.54) is 87.8 Å². The second-order valence-electron chi connectivity index (χ2n) is 15.0. The summed E-state index contributed by atoms with van der Waals surface area (Å²) < 4.78 is 4.76. The zero-order chi connectivity index (χ0) is 41.3. The number of hydrogen-bond donors (Lipinski definition) is 0. The van der Waals surface area contributed by atoms with Gasteiger partial charge in [0, 0.05) is 6.92 Å². The molecule has 53 heavy (non-hydrogen) atoms. The van der Waals surface area contributed by atoms with Crippen LogP contribution in [0.3, 0.4) is 0 Å². The molecule has 3 unspecified atom stereocenters. The summed E-state index contributed by atoms with van der Waals surface area (Å²) in [5, 5.41) is 0. The topological polar surface area (TPSA) is 26.3 Å². The monoisotopic (exact) mass is 735 g/mol. The Morgan fingerprint density at radius 2 is 1.13 bits per heavy atom. The van der Waals surface area contributed by atoms with Crippen LogP contribution in [0.2, 0.25) is 0 Å². The van der Waals surface area contributed by atoms with Gasteiger partial charge in [0.1, 0.15) is 0 Å². The van der Waals surface area contributed by atoms with Gasteiger partial charge in [-0.05, 0) is 100 Å². The van der Waals surface area contributed by atoms with Gasteiger partial charge < -0.3 is 4.74 Å². The molecule has 0 saturated heterocycles. The lowest BCUT2D eigenvalue weighted by Gasteiger charge is -2.13. The molecule has 0 aliphatic heterocycles. The van der Waals surface area contributed by atoms with Crippen LogP contribution in [-0.2, 0) is 9.53 Å². The third-order valence-corrected chi connectivity index (χ3v) is 8.74. The summed E-state index contributed by atoms with van der Waals surface area (Å²) in [6, 6.07) is 21.7. The first-order valence-corrected chi connectivity index (χ1v) is 21.4. The van der Waals surface area contributed by atoms with Crippen LogP contribution in [0, 0.1) is 5.41 Å². The molecule has 0 heterocycles. The van der Waals surface area contributed by atoms with Crippen molar-refractivity contribution in [3.8, 4) is 0 Å². The molecule has 2 aromatic carbocycles. The molecule has 306 valence electrons. The van der Waals surface area contributed by atoms with Gasteiger partial charge in [-0.3, -0.25) is 4.79 Å². The predicted octanol–water partition coefficient (Wildman–Crippen LogP) is 17.4. The van der Waals surface area contributed by atoms with Gasteiger partial charge in [0.05, 0.1) is 6.10 Å². The maximum Gasteiger partial charge on any atom is 0.302 e. The number of unbranched alkanes of at least 4 members (excludes halogenated alkanes) is 1. The molecule has 2 rings (SSSR count). The van der Waals surface area contributed by atoms with Crippen molar-refractivity contribution in [1.82, 2.24) is 0 Å². The quantitative estimate of drug-likeness (QED) is 0.134. The molecule has 2 aromatic rings. The van der Waals surface area contributed by atoms with Crippen LogP contribution < -0.4 is 0 Å². The zero-order valence-electron chi connectivity index (χ0n) is 38.2. The van der Waals surface area contributed by atoms with Crippen molar-refractivity contribution in [2.75, 3.05) is 0 Å². The number of carbonyl (C=O) groups excluding carboxylic acids is 1. The largest absolute Gasteiger partial charge is 0.463 e. The summed E-state index contributed by atoms with van der Waals surface area (Å²) in [6.07, 6.45) is 25.7. The Balaban J connectivity index is -0.000000319. The molecular weight excluding hydrogens is 645 g/mol. The highest BCUT2D eigenvalue weighted by Crippen LogP contribution is 2.24. The minimum atomic E-state index is -0.195. The van der Waals surface area contributed by atoms with E-state index in [-0.39, 0.29) is 12.1 Å². The third kappa shape index (κ3) is 45.2. The summed E-state index contributed by atoms with van der Waals surface area (Å²) in [7, 11) is 0. The Labute approximate surface area is 333 Å².